The maximum Gasteiger partial charge on any atom is 0.307 e. The predicted octanol–water partition coefficient (Wildman–Crippen LogP) is 4.13. The maximum absolute atomic E-state index is 12.0. The van der Waals surface area contributed by atoms with E-state index in [0.717, 1.165) is 0 Å². The lowest BCUT2D eigenvalue weighted by Crippen LogP contribution is -2.08. The lowest BCUT2D eigenvalue weighted by atomic mass is 10.1. The number of rotatable bonds is 7. The van der Waals surface area contributed by atoms with Gasteiger partial charge in [0.2, 0.25) is 5.91 Å². The Kier molecular flexibility index (Phi) is 5.84. The van der Waals surface area contributed by atoms with Crippen molar-refractivity contribution in [3.8, 4) is 11.3 Å². The Balaban J connectivity index is 1.66. The molecule has 2 aromatic carbocycles. The Bertz CT molecular complexity index is 1080. The highest BCUT2D eigenvalue weighted by Crippen LogP contribution is 2.31. The van der Waals surface area contributed by atoms with Crippen LogP contribution in [0.2, 0.25) is 0 Å². The van der Waals surface area contributed by atoms with Gasteiger partial charge in [-0.1, -0.05) is 24.3 Å². The monoisotopic (exact) mass is 392 g/mol. The Labute approximate surface area is 165 Å². The third-order valence-corrected chi connectivity index (χ3v) is 3.97. The molecular weight excluding hydrogens is 376 g/mol. The maximum atomic E-state index is 12.0. The summed E-state index contributed by atoms with van der Waals surface area (Å²) in [5, 5.41) is 22.5. The first-order valence-electron chi connectivity index (χ1n) is 8.56. The first-order chi connectivity index (χ1) is 13.9. The van der Waals surface area contributed by atoms with Crippen molar-refractivity contribution in [1.82, 2.24) is 0 Å². The molecule has 0 saturated heterocycles. The van der Waals surface area contributed by atoms with E-state index in [1.54, 1.807) is 54.6 Å². The number of carboxylic acid groups (broad SMARTS) is 1. The first kappa shape index (κ1) is 19.6. The van der Waals surface area contributed by atoms with Gasteiger partial charge in [-0.25, -0.2) is 0 Å². The Morgan fingerprint density at radius 2 is 1.79 bits per heavy atom. The summed E-state index contributed by atoms with van der Waals surface area (Å²) < 4.78 is 5.59. The highest BCUT2D eigenvalue weighted by molar-refractivity contribution is 6.01. The number of nitrogens with zero attached hydrogens (tertiary/aromatic N) is 1. The number of carbonyl (C=O) groups is 2. The molecule has 1 amide bonds. The lowest BCUT2D eigenvalue weighted by molar-refractivity contribution is -0.384. The van der Waals surface area contributed by atoms with Gasteiger partial charge in [-0.2, -0.15) is 0 Å². The molecular formula is C21H16N2O6. The number of nitro benzene ring substituents is 1. The van der Waals surface area contributed by atoms with E-state index < -0.39 is 16.8 Å². The first-order valence-corrected chi connectivity index (χ1v) is 8.56. The fourth-order valence-electron chi connectivity index (χ4n) is 2.65. The number of hydrogen-bond donors (Lipinski definition) is 2. The summed E-state index contributed by atoms with van der Waals surface area (Å²) >= 11 is 0. The highest BCUT2D eigenvalue weighted by atomic mass is 16.6. The molecule has 3 aromatic rings. The summed E-state index contributed by atoms with van der Waals surface area (Å²) in [5.41, 5.74) is 1.43. The molecule has 0 aliphatic rings. The van der Waals surface area contributed by atoms with Crippen molar-refractivity contribution in [3.63, 3.8) is 0 Å². The number of aliphatic carboxylic acids is 1. The molecule has 0 atom stereocenters. The van der Waals surface area contributed by atoms with Crippen LogP contribution in [-0.4, -0.2) is 21.9 Å². The fraction of sp³-hybridized carbons (Fsp3) is 0.0476. The molecule has 29 heavy (non-hydrogen) atoms. The van der Waals surface area contributed by atoms with Gasteiger partial charge in [-0.3, -0.25) is 19.7 Å². The minimum atomic E-state index is -0.927. The van der Waals surface area contributed by atoms with Crippen LogP contribution >= 0.6 is 0 Å². The summed E-state index contributed by atoms with van der Waals surface area (Å²) in [6.07, 6.45) is 2.63. The standard InChI is InChI=1S/C21H16N2O6/c24-20(22-15-7-5-14(6-8-15)13-21(25)26)12-10-16-9-11-19(29-16)17-3-1-2-4-18(17)23(27)28/h1-12H,13H2,(H,22,24)(H,25,26)/b12-10+. The average Bonchev–Trinajstić information content (AvgIpc) is 3.16. The zero-order chi connectivity index (χ0) is 20.8. The van der Waals surface area contributed by atoms with Crippen LogP contribution in [0.3, 0.4) is 0 Å². The van der Waals surface area contributed by atoms with Crippen LogP contribution in [0, 0.1) is 10.1 Å². The van der Waals surface area contributed by atoms with Crippen molar-refractivity contribution in [2.45, 2.75) is 6.42 Å². The fourth-order valence-corrected chi connectivity index (χ4v) is 2.65. The van der Waals surface area contributed by atoms with Crippen LogP contribution in [0.1, 0.15) is 11.3 Å². The van der Waals surface area contributed by atoms with Crippen LogP contribution < -0.4 is 5.32 Å². The Hall–Kier alpha value is -4.20. The number of anilines is 1. The van der Waals surface area contributed by atoms with Crippen LogP contribution in [-0.2, 0) is 16.0 Å². The predicted molar refractivity (Wildman–Crippen MR) is 106 cm³/mol. The van der Waals surface area contributed by atoms with Gasteiger partial charge >= 0.3 is 5.97 Å². The summed E-state index contributed by atoms with van der Waals surface area (Å²) in [7, 11) is 0. The van der Waals surface area contributed by atoms with Gasteiger partial charge in [-0.15, -0.1) is 0 Å². The van der Waals surface area contributed by atoms with E-state index in [4.69, 9.17) is 9.52 Å². The molecule has 0 aliphatic heterocycles. The zero-order valence-corrected chi connectivity index (χ0v) is 15.1. The van der Waals surface area contributed by atoms with Crippen LogP contribution in [0.15, 0.2) is 71.2 Å². The number of benzene rings is 2. The molecule has 0 bridgehead atoms. The van der Waals surface area contributed by atoms with Gasteiger partial charge in [-0.05, 0) is 42.0 Å². The topological polar surface area (TPSA) is 123 Å². The number of carboxylic acids is 1. The second-order valence-corrected chi connectivity index (χ2v) is 6.07. The van der Waals surface area contributed by atoms with Gasteiger partial charge in [0, 0.05) is 17.8 Å². The number of carbonyl (C=O) groups excluding carboxylic acids is 1. The summed E-state index contributed by atoms with van der Waals surface area (Å²) in [4.78, 5) is 33.4. The Morgan fingerprint density at radius 1 is 1.07 bits per heavy atom. The van der Waals surface area contributed by atoms with Crippen molar-refractivity contribution in [3.05, 3.63) is 88.2 Å². The molecule has 0 saturated carbocycles. The van der Waals surface area contributed by atoms with E-state index >= 15 is 0 Å². The van der Waals surface area contributed by atoms with Crippen molar-refractivity contribution in [1.29, 1.82) is 0 Å². The van der Waals surface area contributed by atoms with E-state index in [1.807, 2.05) is 0 Å². The van der Waals surface area contributed by atoms with Gasteiger partial charge in [0.1, 0.15) is 11.5 Å². The van der Waals surface area contributed by atoms with Crippen molar-refractivity contribution in [2.24, 2.45) is 0 Å². The van der Waals surface area contributed by atoms with E-state index in [2.05, 4.69) is 5.32 Å². The number of nitro groups is 1. The van der Waals surface area contributed by atoms with E-state index in [1.165, 1.54) is 18.2 Å². The quantitative estimate of drug-likeness (QED) is 0.354. The lowest BCUT2D eigenvalue weighted by Gasteiger charge is -2.03. The third-order valence-electron chi connectivity index (χ3n) is 3.97. The normalized spacial score (nSPS) is 10.8. The largest absolute Gasteiger partial charge is 0.481 e. The molecule has 0 unspecified atom stereocenters. The van der Waals surface area contributed by atoms with Gasteiger partial charge < -0.3 is 14.8 Å². The Morgan fingerprint density at radius 3 is 2.48 bits per heavy atom. The summed E-state index contributed by atoms with van der Waals surface area (Å²) in [6, 6.07) is 15.9. The molecule has 8 nitrogen and oxygen atoms in total. The molecule has 0 fully saturated rings. The third kappa shape index (κ3) is 5.16. The SMILES string of the molecule is O=C(O)Cc1ccc(NC(=O)/C=C/c2ccc(-c3ccccc3[N+](=O)[O-])o2)cc1. The van der Waals surface area contributed by atoms with Crippen LogP contribution in [0.4, 0.5) is 11.4 Å². The number of nitrogens with one attached hydrogen (secondary N) is 1. The molecule has 1 heterocycles. The molecule has 0 spiro atoms. The molecule has 1 aromatic heterocycles. The highest BCUT2D eigenvalue weighted by Gasteiger charge is 2.16. The van der Waals surface area contributed by atoms with Crippen LogP contribution in [0.5, 0.6) is 0 Å². The molecule has 0 aliphatic carbocycles. The molecule has 0 radical (unpaired) electrons. The summed E-state index contributed by atoms with van der Waals surface area (Å²) in [5.74, 6) is -0.639. The van der Waals surface area contributed by atoms with Crippen molar-refractivity contribution >= 4 is 29.3 Å². The number of para-hydroxylation sites is 1. The molecule has 146 valence electrons. The minimum absolute atomic E-state index is 0.0681. The number of hydrogen-bond acceptors (Lipinski definition) is 5. The van der Waals surface area contributed by atoms with E-state index in [0.29, 0.717) is 28.3 Å². The smallest absolute Gasteiger partial charge is 0.307 e. The second kappa shape index (κ2) is 8.66. The minimum Gasteiger partial charge on any atom is -0.481 e. The zero-order valence-electron chi connectivity index (χ0n) is 15.1. The van der Waals surface area contributed by atoms with E-state index in [-0.39, 0.29) is 12.1 Å². The van der Waals surface area contributed by atoms with Gasteiger partial charge in [0.15, 0.2) is 0 Å². The average molecular weight is 392 g/mol. The number of furan rings is 1. The van der Waals surface area contributed by atoms with E-state index in [9.17, 15) is 19.7 Å². The van der Waals surface area contributed by atoms with Crippen molar-refractivity contribution in [2.75, 3.05) is 5.32 Å². The second-order valence-electron chi connectivity index (χ2n) is 6.07. The molecule has 8 heteroatoms. The van der Waals surface area contributed by atoms with Gasteiger partial charge in [0.25, 0.3) is 5.69 Å². The van der Waals surface area contributed by atoms with Crippen LogP contribution in [0.25, 0.3) is 17.4 Å². The number of amides is 1. The molecule has 3 rings (SSSR count). The molecule has 2 N–H and O–H groups in total. The summed E-state index contributed by atoms with van der Waals surface area (Å²) in [6.45, 7) is 0. The van der Waals surface area contributed by atoms with Crippen molar-refractivity contribution < 1.29 is 24.0 Å². The van der Waals surface area contributed by atoms with Gasteiger partial charge in [0.05, 0.1) is 16.9 Å².